The van der Waals surface area contributed by atoms with Crippen molar-refractivity contribution in [1.82, 2.24) is 0 Å². The standard InChI is InChI=1S/C11H10N2O4/c14-12-7-10-4-5-11(17-10)8-2-1-3-9(6-8)13(15)16/h1-7,14-16H/p-1. The molecule has 0 fully saturated rings. The molecule has 1 heterocycles. The molecule has 0 spiro atoms. The van der Waals surface area contributed by atoms with E-state index in [-0.39, 0.29) is 10.9 Å². The van der Waals surface area contributed by atoms with Gasteiger partial charge in [0.1, 0.15) is 11.5 Å². The summed E-state index contributed by atoms with van der Waals surface area (Å²) >= 11 is 0. The number of benzene rings is 1. The molecule has 17 heavy (non-hydrogen) atoms. The van der Waals surface area contributed by atoms with Gasteiger partial charge in [0.2, 0.25) is 0 Å². The smallest absolute Gasteiger partial charge is 0.144 e. The highest BCUT2D eigenvalue weighted by Crippen LogP contribution is 2.25. The predicted molar refractivity (Wildman–Crippen MR) is 61.2 cm³/mol. The first-order chi connectivity index (χ1) is 8.20. The van der Waals surface area contributed by atoms with E-state index >= 15 is 0 Å². The Balaban J connectivity index is 2.35. The van der Waals surface area contributed by atoms with Gasteiger partial charge in [0.15, 0.2) is 0 Å². The quantitative estimate of drug-likeness (QED) is 0.627. The number of hydrogen-bond acceptors (Lipinski definition) is 6. The monoisotopic (exact) mass is 233 g/mol. The molecule has 88 valence electrons. The van der Waals surface area contributed by atoms with E-state index < -0.39 is 0 Å². The van der Waals surface area contributed by atoms with E-state index in [0.29, 0.717) is 17.1 Å². The number of hydrogen-bond donors (Lipinski definition) is 2. The zero-order valence-electron chi connectivity index (χ0n) is 8.65. The Bertz CT molecular complexity index is 534. The predicted octanol–water partition coefficient (Wildman–Crippen LogP) is 2.45. The molecule has 0 unspecified atom stereocenters. The second-order valence-corrected chi connectivity index (χ2v) is 3.28. The van der Waals surface area contributed by atoms with Crippen LogP contribution in [0.1, 0.15) is 5.76 Å². The maximum absolute atomic E-state index is 10.0. The van der Waals surface area contributed by atoms with Crippen molar-refractivity contribution in [2.45, 2.75) is 0 Å². The molecule has 2 aromatic rings. The molecular formula is C11H9N2O4-. The SMILES string of the molecule is [O-]N=Cc1ccc(-c2cccc(N(O)O)c2)o1. The Morgan fingerprint density at radius 1 is 1.24 bits per heavy atom. The third kappa shape index (κ3) is 2.44. The molecule has 6 nitrogen and oxygen atoms in total. The van der Waals surface area contributed by atoms with Gasteiger partial charge in [0, 0.05) is 5.56 Å². The van der Waals surface area contributed by atoms with Crippen LogP contribution in [0.3, 0.4) is 0 Å². The minimum atomic E-state index is 0.0203. The first-order valence-corrected chi connectivity index (χ1v) is 4.74. The van der Waals surface area contributed by atoms with Gasteiger partial charge >= 0.3 is 0 Å². The third-order valence-corrected chi connectivity index (χ3v) is 2.17. The Morgan fingerprint density at radius 2 is 2.06 bits per heavy atom. The van der Waals surface area contributed by atoms with Crippen molar-refractivity contribution < 1.29 is 14.8 Å². The first kappa shape index (κ1) is 11.2. The van der Waals surface area contributed by atoms with Crippen molar-refractivity contribution in [2.75, 3.05) is 5.23 Å². The fraction of sp³-hybridized carbons (Fsp3) is 0. The third-order valence-electron chi connectivity index (χ3n) is 2.17. The second-order valence-electron chi connectivity index (χ2n) is 3.28. The van der Waals surface area contributed by atoms with Gasteiger partial charge < -0.3 is 14.8 Å². The second kappa shape index (κ2) is 4.69. The van der Waals surface area contributed by atoms with Crippen molar-refractivity contribution in [1.29, 1.82) is 0 Å². The minimum absolute atomic E-state index is 0.0203. The summed E-state index contributed by atoms with van der Waals surface area (Å²) in [6.07, 6.45) is 1.05. The van der Waals surface area contributed by atoms with Gasteiger partial charge in [-0.2, -0.15) is 0 Å². The van der Waals surface area contributed by atoms with Crippen LogP contribution in [-0.4, -0.2) is 16.6 Å². The van der Waals surface area contributed by atoms with Crippen molar-refractivity contribution in [3.63, 3.8) is 0 Å². The summed E-state index contributed by atoms with van der Waals surface area (Å²) in [5, 5.41) is 30.4. The number of anilines is 1. The van der Waals surface area contributed by atoms with Crippen LogP contribution in [0.2, 0.25) is 0 Å². The molecule has 6 heteroatoms. The lowest BCUT2D eigenvalue weighted by Gasteiger charge is -2.08. The van der Waals surface area contributed by atoms with Gasteiger partial charge in [0.05, 0.1) is 11.9 Å². The average Bonchev–Trinajstić information content (AvgIpc) is 2.78. The zero-order valence-corrected chi connectivity index (χ0v) is 8.65. The minimum Gasteiger partial charge on any atom is -0.792 e. The van der Waals surface area contributed by atoms with E-state index in [1.165, 1.54) is 12.1 Å². The molecule has 2 rings (SSSR count). The van der Waals surface area contributed by atoms with Crippen molar-refractivity contribution in [3.8, 4) is 11.3 Å². The van der Waals surface area contributed by atoms with Gasteiger partial charge in [0.25, 0.3) is 0 Å². The summed E-state index contributed by atoms with van der Waals surface area (Å²) in [4.78, 5) is 0. The lowest BCUT2D eigenvalue weighted by Crippen LogP contribution is -2.10. The van der Waals surface area contributed by atoms with E-state index in [0.717, 1.165) is 6.21 Å². The fourth-order valence-electron chi connectivity index (χ4n) is 1.41. The molecule has 0 atom stereocenters. The summed E-state index contributed by atoms with van der Waals surface area (Å²) < 4.78 is 5.31. The number of nitrogens with zero attached hydrogens (tertiary/aromatic N) is 2. The van der Waals surface area contributed by atoms with Gasteiger partial charge in [-0.05, 0) is 24.3 Å². The van der Waals surface area contributed by atoms with Crippen LogP contribution in [0.15, 0.2) is 46.0 Å². The number of furan rings is 1. The topological polar surface area (TPSA) is 92.3 Å². The molecule has 0 saturated carbocycles. The van der Waals surface area contributed by atoms with Crippen LogP contribution in [0, 0.1) is 5.21 Å². The Hall–Kier alpha value is -2.31. The highest BCUT2D eigenvalue weighted by molar-refractivity contribution is 5.77. The highest BCUT2D eigenvalue weighted by Gasteiger charge is 2.06. The lowest BCUT2D eigenvalue weighted by atomic mass is 10.1. The van der Waals surface area contributed by atoms with Crippen LogP contribution >= 0.6 is 0 Å². The van der Waals surface area contributed by atoms with Gasteiger partial charge in [-0.1, -0.05) is 12.1 Å². The molecule has 0 bridgehead atoms. The van der Waals surface area contributed by atoms with Crippen LogP contribution in [0.4, 0.5) is 5.69 Å². The van der Waals surface area contributed by atoms with Gasteiger partial charge in [-0.15, -0.1) is 5.23 Å². The van der Waals surface area contributed by atoms with Crippen LogP contribution < -0.4 is 5.23 Å². The molecule has 0 aliphatic carbocycles. The highest BCUT2D eigenvalue weighted by atomic mass is 16.8. The Morgan fingerprint density at radius 3 is 2.76 bits per heavy atom. The fourth-order valence-corrected chi connectivity index (χ4v) is 1.41. The van der Waals surface area contributed by atoms with E-state index in [9.17, 15) is 5.21 Å². The maximum Gasteiger partial charge on any atom is 0.144 e. The molecule has 0 saturated heterocycles. The molecule has 2 N–H and O–H groups in total. The van der Waals surface area contributed by atoms with Crippen molar-refractivity contribution in [2.24, 2.45) is 5.16 Å². The maximum atomic E-state index is 10.0. The summed E-state index contributed by atoms with van der Waals surface area (Å²) in [6.45, 7) is 0. The summed E-state index contributed by atoms with van der Waals surface area (Å²) in [6, 6.07) is 9.69. The largest absolute Gasteiger partial charge is 0.792 e. The Labute approximate surface area is 96.5 Å². The molecular weight excluding hydrogens is 224 g/mol. The average molecular weight is 233 g/mol. The van der Waals surface area contributed by atoms with E-state index in [1.54, 1.807) is 24.3 Å². The van der Waals surface area contributed by atoms with E-state index in [2.05, 4.69) is 5.16 Å². The first-order valence-electron chi connectivity index (χ1n) is 4.74. The van der Waals surface area contributed by atoms with Crippen molar-refractivity contribution >= 4 is 11.9 Å². The molecule has 1 aromatic carbocycles. The van der Waals surface area contributed by atoms with Gasteiger partial charge in [-0.3, -0.25) is 10.4 Å². The van der Waals surface area contributed by atoms with Crippen LogP contribution in [0.5, 0.6) is 0 Å². The molecule has 1 aromatic heterocycles. The van der Waals surface area contributed by atoms with Crippen molar-refractivity contribution in [3.05, 3.63) is 47.4 Å². The zero-order chi connectivity index (χ0) is 12.3. The van der Waals surface area contributed by atoms with E-state index in [4.69, 9.17) is 14.8 Å². The molecule has 0 aliphatic rings. The van der Waals surface area contributed by atoms with Gasteiger partial charge in [-0.25, -0.2) is 0 Å². The summed E-state index contributed by atoms with van der Waals surface area (Å²) in [5.41, 5.74) is 0.860. The normalized spacial score (nSPS) is 10.9. The molecule has 0 aliphatic heterocycles. The van der Waals surface area contributed by atoms with Crippen LogP contribution in [0.25, 0.3) is 11.3 Å². The summed E-state index contributed by atoms with van der Waals surface area (Å²) in [5.74, 6) is 0.842. The van der Waals surface area contributed by atoms with E-state index in [1.807, 2.05) is 0 Å². The number of rotatable bonds is 3. The summed E-state index contributed by atoms with van der Waals surface area (Å²) in [7, 11) is 0. The Kier molecular flexibility index (Phi) is 3.08. The van der Waals surface area contributed by atoms with Crippen LogP contribution in [-0.2, 0) is 0 Å². The molecule has 0 radical (unpaired) electrons. The molecule has 0 amide bonds. The lowest BCUT2D eigenvalue weighted by molar-refractivity contribution is 0.0292.